The van der Waals surface area contributed by atoms with Gasteiger partial charge in [0.1, 0.15) is 0 Å². The molecular formula is C12H17Cl2NO. The third-order valence-electron chi connectivity index (χ3n) is 2.16. The van der Waals surface area contributed by atoms with Crippen LogP contribution in [0.3, 0.4) is 0 Å². The molecule has 0 amide bonds. The van der Waals surface area contributed by atoms with Crippen molar-refractivity contribution >= 4 is 28.9 Å². The highest BCUT2D eigenvalue weighted by Gasteiger charge is 2.03. The second-order valence-electron chi connectivity index (χ2n) is 3.62. The van der Waals surface area contributed by atoms with E-state index in [-0.39, 0.29) is 0 Å². The summed E-state index contributed by atoms with van der Waals surface area (Å²) < 4.78 is 5.36. The minimum absolute atomic E-state index is 0.676. The number of rotatable bonds is 6. The van der Waals surface area contributed by atoms with Crippen LogP contribution in [0.25, 0.3) is 0 Å². The predicted molar refractivity (Wildman–Crippen MR) is 70.8 cm³/mol. The quantitative estimate of drug-likeness (QED) is 0.778. The fourth-order valence-electron chi connectivity index (χ4n) is 1.29. The molecule has 0 fully saturated rings. The third kappa shape index (κ3) is 4.20. The molecule has 0 aromatic heterocycles. The van der Waals surface area contributed by atoms with Gasteiger partial charge in [-0.3, -0.25) is 0 Å². The molecule has 90 valence electrons. The summed E-state index contributed by atoms with van der Waals surface area (Å²) in [6, 6.07) is 3.71. The molecule has 0 spiro atoms. The lowest BCUT2D eigenvalue weighted by Gasteiger charge is -2.10. The zero-order valence-corrected chi connectivity index (χ0v) is 11.2. The van der Waals surface area contributed by atoms with E-state index in [9.17, 15) is 0 Å². The molecule has 1 rings (SSSR count). The van der Waals surface area contributed by atoms with Crippen molar-refractivity contribution in [3.05, 3.63) is 27.7 Å². The Morgan fingerprint density at radius 2 is 1.94 bits per heavy atom. The van der Waals surface area contributed by atoms with Crippen molar-refractivity contribution in [3.8, 4) is 0 Å². The largest absolute Gasteiger partial charge is 0.381 e. The van der Waals surface area contributed by atoms with E-state index in [4.69, 9.17) is 27.9 Å². The standard InChI is InChI=1S/C12H17Cl2NO/c1-3-5-16-6-4-15-12-8-10(13)9(2)7-11(12)14/h7-8,15H,3-6H2,1-2H3. The van der Waals surface area contributed by atoms with Crippen LogP contribution in [0.4, 0.5) is 5.69 Å². The number of hydrogen-bond acceptors (Lipinski definition) is 2. The van der Waals surface area contributed by atoms with Gasteiger partial charge in [-0.1, -0.05) is 30.1 Å². The molecule has 4 heteroatoms. The summed E-state index contributed by atoms with van der Waals surface area (Å²) in [7, 11) is 0. The predicted octanol–water partition coefficient (Wildman–Crippen LogP) is 4.14. The second-order valence-corrected chi connectivity index (χ2v) is 4.43. The van der Waals surface area contributed by atoms with E-state index in [2.05, 4.69) is 12.2 Å². The molecule has 0 unspecified atom stereocenters. The van der Waals surface area contributed by atoms with E-state index in [1.165, 1.54) is 0 Å². The Balaban J connectivity index is 2.45. The highest BCUT2D eigenvalue weighted by atomic mass is 35.5. The van der Waals surface area contributed by atoms with Gasteiger partial charge in [-0.2, -0.15) is 0 Å². The lowest BCUT2D eigenvalue weighted by Crippen LogP contribution is -2.10. The number of benzene rings is 1. The molecule has 0 atom stereocenters. The summed E-state index contributed by atoms with van der Waals surface area (Å²) in [5.74, 6) is 0. The van der Waals surface area contributed by atoms with Gasteiger partial charge in [0.2, 0.25) is 0 Å². The number of halogens is 2. The molecule has 16 heavy (non-hydrogen) atoms. The highest BCUT2D eigenvalue weighted by Crippen LogP contribution is 2.28. The lowest BCUT2D eigenvalue weighted by atomic mass is 10.2. The summed E-state index contributed by atoms with van der Waals surface area (Å²) in [6.07, 6.45) is 1.04. The molecule has 0 heterocycles. The molecule has 0 aliphatic carbocycles. The second kappa shape index (κ2) is 7.00. The number of anilines is 1. The Hall–Kier alpha value is -0.440. The fraction of sp³-hybridized carbons (Fsp3) is 0.500. The molecule has 0 bridgehead atoms. The summed E-state index contributed by atoms with van der Waals surface area (Å²) in [5.41, 5.74) is 1.84. The van der Waals surface area contributed by atoms with Gasteiger partial charge < -0.3 is 10.1 Å². The minimum Gasteiger partial charge on any atom is -0.381 e. The molecule has 0 aliphatic heterocycles. The van der Waals surface area contributed by atoms with Gasteiger partial charge in [-0.15, -0.1) is 0 Å². The Morgan fingerprint density at radius 3 is 2.62 bits per heavy atom. The average Bonchev–Trinajstić information content (AvgIpc) is 2.25. The van der Waals surface area contributed by atoms with Crippen LogP contribution in [0.2, 0.25) is 10.0 Å². The lowest BCUT2D eigenvalue weighted by molar-refractivity contribution is 0.144. The van der Waals surface area contributed by atoms with Crippen LogP contribution in [-0.4, -0.2) is 19.8 Å². The van der Waals surface area contributed by atoms with Gasteiger partial charge in [0.15, 0.2) is 0 Å². The first-order chi connectivity index (χ1) is 7.65. The number of hydrogen-bond donors (Lipinski definition) is 1. The van der Waals surface area contributed by atoms with Crippen LogP contribution in [0.5, 0.6) is 0 Å². The number of nitrogens with one attached hydrogen (secondary N) is 1. The summed E-state index contributed by atoms with van der Waals surface area (Å²) in [5, 5.41) is 4.61. The Bertz CT molecular complexity index is 342. The first kappa shape index (κ1) is 13.6. The number of ether oxygens (including phenoxy) is 1. The molecule has 1 aromatic rings. The van der Waals surface area contributed by atoms with Crippen molar-refractivity contribution < 1.29 is 4.74 Å². The zero-order chi connectivity index (χ0) is 12.0. The Labute approximate surface area is 107 Å². The minimum atomic E-state index is 0.676. The Kier molecular flexibility index (Phi) is 5.96. The fourth-order valence-corrected chi connectivity index (χ4v) is 1.73. The Morgan fingerprint density at radius 1 is 1.19 bits per heavy atom. The van der Waals surface area contributed by atoms with Gasteiger partial charge >= 0.3 is 0 Å². The summed E-state index contributed by atoms with van der Waals surface area (Å²) in [4.78, 5) is 0. The summed E-state index contributed by atoms with van der Waals surface area (Å²) >= 11 is 12.1. The van der Waals surface area contributed by atoms with E-state index in [0.717, 1.165) is 35.8 Å². The maximum Gasteiger partial charge on any atom is 0.0641 e. The van der Waals surface area contributed by atoms with Crippen LogP contribution in [0.15, 0.2) is 12.1 Å². The molecular weight excluding hydrogens is 245 g/mol. The SMILES string of the molecule is CCCOCCNc1cc(Cl)c(C)cc1Cl. The van der Waals surface area contributed by atoms with Gasteiger partial charge in [0, 0.05) is 18.2 Å². The average molecular weight is 262 g/mol. The van der Waals surface area contributed by atoms with Crippen molar-refractivity contribution in [2.24, 2.45) is 0 Å². The van der Waals surface area contributed by atoms with Crippen LogP contribution in [0.1, 0.15) is 18.9 Å². The van der Waals surface area contributed by atoms with Crippen LogP contribution in [-0.2, 0) is 4.74 Å². The molecule has 2 nitrogen and oxygen atoms in total. The number of aryl methyl sites for hydroxylation is 1. The topological polar surface area (TPSA) is 21.3 Å². The van der Waals surface area contributed by atoms with Crippen molar-refractivity contribution in [2.75, 3.05) is 25.1 Å². The van der Waals surface area contributed by atoms with E-state index < -0.39 is 0 Å². The van der Waals surface area contributed by atoms with Crippen LogP contribution in [0, 0.1) is 6.92 Å². The van der Waals surface area contributed by atoms with Crippen LogP contribution >= 0.6 is 23.2 Å². The van der Waals surface area contributed by atoms with Crippen LogP contribution < -0.4 is 5.32 Å². The molecule has 0 radical (unpaired) electrons. The maximum atomic E-state index is 6.08. The van der Waals surface area contributed by atoms with E-state index in [0.29, 0.717) is 11.6 Å². The monoisotopic (exact) mass is 261 g/mol. The molecule has 0 saturated heterocycles. The molecule has 0 saturated carbocycles. The third-order valence-corrected chi connectivity index (χ3v) is 2.88. The van der Waals surface area contributed by atoms with Gasteiger partial charge in [0.25, 0.3) is 0 Å². The van der Waals surface area contributed by atoms with E-state index in [1.54, 1.807) is 0 Å². The van der Waals surface area contributed by atoms with Crippen molar-refractivity contribution in [3.63, 3.8) is 0 Å². The van der Waals surface area contributed by atoms with E-state index >= 15 is 0 Å². The zero-order valence-electron chi connectivity index (χ0n) is 9.65. The normalized spacial score (nSPS) is 10.5. The van der Waals surface area contributed by atoms with Gasteiger partial charge in [0.05, 0.1) is 17.3 Å². The molecule has 0 aliphatic rings. The van der Waals surface area contributed by atoms with Gasteiger partial charge in [-0.25, -0.2) is 0 Å². The maximum absolute atomic E-state index is 6.08. The first-order valence-corrected chi connectivity index (χ1v) is 6.18. The molecule has 1 aromatic carbocycles. The first-order valence-electron chi connectivity index (χ1n) is 5.42. The van der Waals surface area contributed by atoms with E-state index in [1.807, 2.05) is 19.1 Å². The van der Waals surface area contributed by atoms with Crippen molar-refractivity contribution in [1.82, 2.24) is 0 Å². The summed E-state index contributed by atoms with van der Waals surface area (Å²) in [6.45, 7) is 6.23. The molecule has 1 N–H and O–H groups in total. The van der Waals surface area contributed by atoms with Gasteiger partial charge in [-0.05, 0) is 31.0 Å². The smallest absolute Gasteiger partial charge is 0.0641 e. The van der Waals surface area contributed by atoms with Crippen molar-refractivity contribution in [2.45, 2.75) is 20.3 Å². The van der Waals surface area contributed by atoms with Crippen molar-refractivity contribution in [1.29, 1.82) is 0 Å². The highest BCUT2D eigenvalue weighted by molar-refractivity contribution is 6.35.